The van der Waals surface area contributed by atoms with Crippen LogP contribution in [-0.4, -0.2) is 34.3 Å². The van der Waals surface area contributed by atoms with Crippen molar-refractivity contribution in [3.05, 3.63) is 60.9 Å². The van der Waals surface area contributed by atoms with Gasteiger partial charge in [0, 0.05) is 29.0 Å². The van der Waals surface area contributed by atoms with E-state index >= 15 is 0 Å². The molecule has 0 spiro atoms. The van der Waals surface area contributed by atoms with Crippen LogP contribution in [0.1, 0.15) is 21.7 Å². The molecule has 3 rings (SSSR count). The van der Waals surface area contributed by atoms with Gasteiger partial charge in [-0.1, -0.05) is 29.3 Å². The van der Waals surface area contributed by atoms with Crippen molar-refractivity contribution in [1.82, 2.24) is 9.55 Å². The maximum absolute atomic E-state index is 13.0. The average molecular weight is 413 g/mol. The van der Waals surface area contributed by atoms with Crippen molar-refractivity contribution < 1.29 is 14.6 Å². The van der Waals surface area contributed by atoms with Crippen molar-refractivity contribution in [2.75, 3.05) is 13.7 Å². The van der Waals surface area contributed by atoms with Gasteiger partial charge in [0.1, 0.15) is 10.7 Å². The van der Waals surface area contributed by atoms with Crippen molar-refractivity contribution in [2.45, 2.75) is 13.0 Å². The Bertz CT molecular complexity index is 1050. The minimum Gasteiger partial charge on any atom is -0.478 e. The standard InChI is InChI=1S/C17H14Cl2N2O4S/c1-25-5-4-13-20-15-14(11(8-26-15)17(23)24)16(22)21(13)7-9-2-3-10(18)6-12(9)19/h2-3,6,8H,4-5,7H2,1H3,(H,23,24). The summed E-state index contributed by atoms with van der Waals surface area (Å²) in [5, 5.41) is 11.8. The molecule has 26 heavy (non-hydrogen) atoms. The van der Waals surface area contributed by atoms with Gasteiger partial charge in [-0.3, -0.25) is 9.36 Å². The summed E-state index contributed by atoms with van der Waals surface area (Å²) >= 11 is 13.3. The van der Waals surface area contributed by atoms with E-state index in [0.717, 1.165) is 11.3 Å². The van der Waals surface area contributed by atoms with Crippen LogP contribution in [0.5, 0.6) is 0 Å². The van der Waals surface area contributed by atoms with Gasteiger partial charge in [0.2, 0.25) is 0 Å². The molecule has 0 atom stereocenters. The minimum absolute atomic E-state index is 0.0447. The normalized spacial score (nSPS) is 11.2. The number of rotatable bonds is 6. The predicted octanol–water partition coefficient (Wildman–Crippen LogP) is 3.70. The molecule has 0 aliphatic rings. The lowest BCUT2D eigenvalue weighted by Crippen LogP contribution is -2.27. The molecule has 1 N–H and O–H groups in total. The highest BCUT2D eigenvalue weighted by Crippen LogP contribution is 2.24. The number of methoxy groups -OCH3 is 1. The van der Waals surface area contributed by atoms with Gasteiger partial charge in [-0.25, -0.2) is 9.78 Å². The number of halogens is 2. The lowest BCUT2D eigenvalue weighted by Gasteiger charge is -2.13. The molecule has 0 saturated carbocycles. The van der Waals surface area contributed by atoms with Gasteiger partial charge in [0.25, 0.3) is 5.56 Å². The molecule has 0 amide bonds. The van der Waals surface area contributed by atoms with E-state index in [-0.39, 0.29) is 17.5 Å². The first-order valence-corrected chi connectivity index (χ1v) is 9.23. The third-order valence-corrected chi connectivity index (χ3v) is 5.34. The Labute approximate surface area is 162 Å². The van der Waals surface area contributed by atoms with Crippen molar-refractivity contribution in [1.29, 1.82) is 0 Å². The molecular formula is C17H14Cl2N2O4S. The van der Waals surface area contributed by atoms with Gasteiger partial charge in [-0.2, -0.15) is 0 Å². The van der Waals surface area contributed by atoms with Gasteiger partial charge in [0.15, 0.2) is 0 Å². The lowest BCUT2D eigenvalue weighted by molar-refractivity contribution is 0.0699. The monoisotopic (exact) mass is 412 g/mol. The third-order valence-electron chi connectivity index (χ3n) is 3.88. The highest BCUT2D eigenvalue weighted by atomic mass is 35.5. The zero-order valence-corrected chi connectivity index (χ0v) is 16.0. The number of aromatic nitrogens is 2. The molecule has 2 heterocycles. The Morgan fingerprint density at radius 1 is 1.38 bits per heavy atom. The fraction of sp³-hybridized carbons (Fsp3) is 0.235. The predicted molar refractivity (Wildman–Crippen MR) is 102 cm³/mol. The second-order valence-corrected chi connectivity index (χ2v) is 7.23. The van der Waals surface area contributed by atoms with E-state index in [1.54, 1.807) is 25.3 Å². The Balaban J connectivity index is 2.19. The molecule has 0 unspecified atom stereocenters. The van der Waals surface area contributed by atoms with E-state index in [4.69, 9.17) is 27.9 Å². The number of nitrogens with zero attached hydrogens (tertiary/aromatic N) is 2. The number of carbonyl (C=O) groups is 1. The van der Waals surface area contributed by atoms with E-state index < -0.39 is 11.5 Å². The summed E-state index contributed by atoms with van der Waals surface area (Å²) < 4.78 is 6.54. The fourth-order valence-electron chi connectivity index (χ4n) is 2.59. The second-order valence-electron chi connectivity index (χ2n) is 5.53. The molecule has 3 aromatic rings. The lowest BCUT2D eigenvalue weighted by atomic mass is 10.2. The van der Waals surface area contributed by atoms with Crippen LogP contribution in [-0.2, 0) is 17.7 Å². The molecule has 0 saturated heterocycles. The first-order valence-electron chi connectivity index (χ1n) is 7.59. The summed E-state index contributed by atoms with van der Waals surface area (Å²) in [4.78, 5) is 29.3. The van der Waals surface area contributed by atoms with Crippen molar-refractivity contribution in [3.63, 3.8) is 0 Å². The van der Waals surface area contributed by atoms with Crippen LogP contribution in [0.25, 0.3) is 10.2 Å². The number of thiophene rings is 1. The topological polar surface area (TPSA) is 81.4 Å². The average Bonchev–Trinajstić information content (AvgIpc) is 3.02. The third kappa shape index (κ3) is 3.61. The molecule has 136 valence electrons. The number of carboxylic acids is 1. The minimum atomic E-state index is -1.16. The maximum atomic E-state index is 13.0. The number of benzene rings is 1. The van der Waals surface area contributed by atoms with Crippen LogP contribution in [0.4, 0.5) is 0 Å². The number of fused-ring (bicyclic) bond motifs is 1. The zero-order chi connectivity index (χ0) is 18.8. The fourth-order valence-corrected chi connectivity index (χ4v) is 3.98. The second kappa shape index (κ2) is 7.75. The van der Waals surface area contributed by atoms with Crippen LogP contribution < -0.4 is 5.56 Å². The van der Waals surface area contributed by atoms with Gasteiger partial charge >= 0.3 is 5.97 Å². The van der Waals surface area contributed by atoms with E-state index in [1.807, 2.05) is 0 Å². The van der Waals surface area contributed by atoms with Gasteiger partial charge in [-0.15, -0.1) is 11.3 Å². The number of hydrogen-bond acceptors (Lipinski definition) is 5. The van der Waals surface area contributed by atoms with E-state index in [2.05, 4.69) is 4.98 Å². The Hall–Kier alpha value is -1.93. The summed E-state index contributed by atoms with van der Waals surface area (Å²) in [6, 6.07) is 5.01. The van der Waals surface area contributed by atoms with Crippen LogP contribution >= 0.6 is 34.5 Å². The summed E-state index contributed by atoms with van der Waals surface area (Å²) in [6.45, 7) is 0.537. The van der Waals surface area contributed by atoms with Crippen molar-refractivity contribution in [2.24, 2.45) is 0 Å². The zero-order valence-electron chi connectivity index (χ0n) is 13.7. The maximum Gasteiger partial charge on any atom is 0.337 e. The van der Waals surface area contributed by atoms with Crippen LogP contribution in [0.15, 0.2) is 28.4 Å². The summed E-state index contributed by atoms with van der Waals surface area (Å²) in [7, 11) is 1.56. The molecular weight excluding hydrogens is 399 g/mol. The molecule has 0 bridgehead atoms. The molecule has 0 aliphatic carbocycles. The van der Waals surface area contributed by atoms with Gasteiger partial charge in [-0.05, 0) is 17.7 Å². The first kappa shape index (κ1) is 18.8. The number of aromatic carboxylic acids is 1. The molecule has 2 aromatic heterocycles. The molecule has 0 aliphatic heterocycles. The van der Waals surface area contributed by atoms with Crippen molar-refractivity contribution >= 4 is 50.7 Å². The van der Waals surface area contributed by atoms with Crippen LogP contribution in [0, 0.1) is 0 Å². The van der Waals surface area contributed by atoms with Crippen LogP contribution in [0.3, 0.4) is 0 Å². The number of carboxylic acid groups (broad SMARTS) is 1. The first-order chi connectivity index (χ1) is 12.4. The van der Waals surface area contributed by atoms with E-state index in [0.29, 0.717) is 39.3 Å². The summed E-state index contributed by atoms with van der Waals surface area (Å²) in [6.07, 6.45) is 0.410. The molecule has 6 nitrogen and oxygen atoms in total. The molecule has 0 fully saturated rings. The van der Waals surface area contributed by atoms with E-state index in [1.165, 1.54) is 9.95 Å². The molecule has 0 radical (unpaired) electrons. The van der Waals surface area contributed by atoms with E-state index in [9.17, 15) is 14.7 Å². The summed E-state index contributed by atoms with van der Waals surface area (Å²) in [5.41, 5.74) is 0.229. The number of ether oxygens (including phenoxy) is 1. The molecule has 1 aromatic carbocycles. The Morgan fingerprint density at radius 3 is 2.81 bits per heavy atom. The van der Waals surface area contributed by atoms with Gasteiger partial charge in [0.05, 0.1) is 24.1 Å². The largest absolute Gasteiger partial charge is 0.478 e. The number of hydrogen-bond donors (Lipinski definition) is 1. The Morgan fingerprint density at radius 2 is 2.15 bits per heavy atom. The smallest absolute Gasteiger partial charge is 0.337 e. The van der Waals surface area contributed by atoms with Crippen molar-refractivity contribution in [3.8, 4) is 0 Å². The summed E-state index contributed by atoms with van der Waals surface area (Å²) in [5.74, 6) is -0.648. The highest BCUT2D eigenvalue weighted by molar-refractivity contribution is 7.17. The van der Waals surface area contributed by atoms with Gasteiger partial charge < -0.3 is 9.84 Å². The SMILES string of the molecule is COCCc1nc2scc(C(=O)O)c2c(=O)n1Cc1ccc(Cl)cc1Cl. The molecule has 9 heteroatoms. The quantitative estimate of drug-likeness (QED) is 0.667. The highest BCUT2D eigenvalue weighted by Gasteiger charge is 2.20. The Kier molecular flexibility index (Phi) is 5.62. The van der Waals surface area contributed by atoms with Crippen LogP contribution in [0.2, 0.25) is 10.0 Å².